The van der Waals surface area contributed by atoms with Gasteiger partial charge in [0.15, 0.2) is 5.82 Å². The van der Waals surface area contributed by atoms with Crippen LogP contribution in [-0.2, 0) is 4.79 Å². The Hall–Kier alpha value is -0.530. The predicted molar refractivity (Wildman–Crippen MR) is 76.3 cm³/mol. The van der Waals surface area contributed by atoms with Crippen LogP contribution in [0.3, 0.4) is 0 Å². The van der Waals surface area contributed by atoms with Crippen molar-refractivity contribution in [3.8, 4) is 0 Å². The van der Waals surface area contributed by atoms with Crippen molar-refractivity contribution in [2.75, 3.05) is 18.4 Å². The zero-order chi connectivity index (χ0) is 13.2. The van der Waals surface area contributed by atoms with Gasteiger partial charge in [-0.15, -0.1) is 0 Å². The van der Waals surface area contributed by atoms with E-state index >= 15 is 0 Å². The van der Waals surface area contributed by atoms with Crippen LogP contribution in [0.4, 0.5) is 5.82 Å². The highest BCUT2D eigenvalue weighted by Gasteiger charge is 2.35. The Balaban J connectivity index is 2.11. The molecule has 5 nitrogen and oxygen atoms in total. The number of hydrogen-bond acceptors (Lipinski definition) is 4. The lowest BCUT2D eigenvalue weighted by Gasteiger charge is -2.32. The highest BCUT2D eigenvalue weighted by atomic mass is 79.9. The van der Waals surface area contributed by atoms with E-state index in [0.717, 1.165) is 19.4 Å². The SMILES string of the molecule is CC1(C(=O)Nc2ncc(Br)nc2Br)CCCNC1. The molecule has 1 saturated heterocycles. The number of carbonyl (C=O) groups is 1. The zero-order valence-corrected chi connectivity index (χ0v) is 13.1. The fraction of sp³-hybridized carbons (Fsp3) is 0.545. The van der Waals surface area contributed by atoms with Gasteiger partial charge in [0.05, 0.1) is 11.6 Å². The van der Waals surface area contributed by atoms with Crippen LogP contribution < -0.4 is 10.6 Å². The van der Waals surface area contributed by atoms with Crippen LogP contribution in [0.1, 0.15) is 19.8 Å². The third kappa shape index (κ3) is 3.07. The lowest BCUT2D eigenvalue weighted by Crippen LogP contribution is -2.46. The van der Waals surface area contributed by atoms with Crippen molar-refractivity contribution >= 4 is 43.6 Å². The Morgan fingerprint density at radius 2 is 2.33 bits per heavy atom. The number of aromatic nitrogens is 2. The first-order valence-electron chi connectivity index (χ1n) is 5.71. The van der Waals surface area contributed by atoms with Crippen LogP contribution in [0.25, 0.3) is 0 Å². The Labute approximate surface area is 122 Å². The average molecular weight is 378 g/mol. The molecule has 2 N–H and O–H groups in total. The van der Waals surface area contributed by atoms with E-state index in [-0.39, 0.29) is 11.3 Å². The molecule has 18 heavy (non-hydrogen) atoms. The summed E-state index contributed by atoms with van der Waals surface area (Å²) in [7, 11) is 0. The minimum atomic E-state index is -0.382. The van der Waals surface area contributed by atoms with Gasteiger partial charge in [0.1, 0.15) is 9.21 Å². The van der Waals surface area contributed by atoms with E-state index in [1.54, 1.807) is 6.20 Å². The Kier molecular flexibility index (Phi) is 4.34. The number of hydrogen-bond donors (Lipinski definition) is 2. The summed E-state index contributed by atoms with van der Waals surface area (Å²) in [5, 5.41) is 6.08. The molecule has 0 aromatic carbocycles. The Morgan fingerprint density at radius 1 is 1.56 bits per heavy atom. The quantitative estimate of drug-likeness (QED) is 0.829. The van der Waals surface area contributed by atoms with Gasteiger partial charge in [-0.05, 0) is 58.2 Å². The maximum Gasteiger partial charge on any atom is 0.232 e. The van der Waals surface area contributed by atoms with Gasteiger partial charge in [0.2, 0.25) is 5.91 Å². The number of anilines is 1. The van der Waals surface area contributed by atoms with Crippen molar-refractivity contribution in [3.63, 3.8) is 0 Å². The molecule has 2 rings (SSSR count). The van der Waals surface area contributed by atoms with Crippen LogP contribution in [0.5, 0.6) is 0 Å². The third-order valence-corrected chi connectivity index (χ3v) is 4.01. The second kappa shape index (κ2) is 5.63. The number of nitrogens with one attached hydrogen (secondary N) is 2. The van der Waals surface area contributed by atoms with Crippen LogP contribution in [0.15, 0.2) is 15.4 Å². The molecule has 0 radical (unpaired) electrons. The summed E-state index contributed by atoms with van der Waals surface area (Å²) in [6, 6.07) is 0. The van der Waals surface area contributed by atoms with Crippen molar-refractivity contribution in [2.24, 2.45) is 5.41 Å². The lowest BCUT2D eigenvalue weighted by atomic mass is 9.82. The third-order valence-electron chi connectivity index (χ3n) is 3.08. The van der Waals surface area contributed by atoms with E-state index in [1.165, 1.54) is 0 Å². The fourth-order valence-corrected chi connectivity index (χ4v) is 2.85. The predicted octanol–water partition coefficient (Wildman–Crippen LogP) is 2.33. The number of nitrogens with zero attached hydrogens (tertiary/aromatic N) is 2. The average Bonchev–Trinajstić information content (AvgIpc) is 2.33. The van der Waals surface area contributed by atoms with Gasteiger partial charge in [0, 0.05) is 6.54 Å². The summed E-state index contributed by atoms with van der Waals surface area (Å²) < 4.78 is 1.15. The number of piperidine rings is 1. The molecule has 1 fully saturated rings. The number of carbonyl (C=O) groups excluding carboxylic acids is 1. The van der Waals surface area contributed by atoms with Gasteiger partial charge < -0.3 is 10.6 Å². The maximum absolute atomic E-state index is 12.3. The standard InChI is InChI=1S/C11H14Br2N4O/c1-11(3-2-4-14-6-11)10(18)17-9-8(13)16-7(12)5-15-9/h5,14H,2-4,6H2,1H3,(H,15,17,18). The second-order valence-corrected chi connectivity index (χ2v) is 6.19. The number of rotatable bonds is 2. The minimum absolute atomic E-state index is 0.0213. The first kappa shape index (κ1) is 13.9. The Morgan fingerprint density at radius 3 is 2.94 bits per heavy atom. The van der Waals surface area contributed by atoms with Crippen molar-refractivity contribution in [3.05, 3.63) is 15.4 Å². The summed E-state index contributed by atoms with van der Waals surface area (Å²) in [6.07, 6.45) is 3.45. The summed E-state index contributed by atoms with van der Waals surface area (Å²) in [5.74, 6) is 0.432. The van der Waals surface area contributed by atoms with E-state index in [0.29, 0.717) is 21.6 Å². The second-order valence-electron chi connectivity index (χ2n) is 4.63. The van der Waals surface area contributed by atoms with Crippen molar-refractivity contribution in [1.29, 1.82) is 0 Å². The van der Waals surface area contributed by atoms with Gasteiger partial charge in [-0.1, -0.05) is 0 Å². The van der Waals surface area contributed by atoms with Crippen molar-refractivity contribution < 1.29 is 4.79 Å². The van der Waals surface area contributed by atoms with Gasteiger partial charge >= 0.3 is 0 Å². The zero-order valence-electron chi connectivity index (χ0n) is 9.96. The van der Waals surface area contributed by atoms with Gasteiger partial charge in [-0.2, -0.15) is 0 Å². The molecule has 0 spiro atoms. The largest absolute Gasteiger partial charge is 0.316 e. The fourth-order valence-electron chi connectivity index (χ4n) is 1.94. The van der Waals surface area contributed by atoms with Gasteiger partial charge in [0.25, 0.3) is 0 Å². The molecule has 7 heteroatoms. The van der Waals surface area contributed by atoms with Gasteiger partial charge in [-0.25, -0.2) is 9.97 Å². The van der Waals surface area contributed by atoms with Crippen LogP contribution in [0, 0.1) is 5.41 Å². The van der Waals surface area contributed by atoms with Gasteiger partial charge in [-0.3, -0.25) is 4.79 Å². The highest BCUT2D eigenvalue weighted by Crippen LogP contribution is 2.28. The van der Waals surface area contributed by atoms with Crippen molar-refractivity contribution in [2.45, 2.75) is 19.8 Å². The normalized spacial score (nSPS) is 23.7. The molecule has 1 amide bonds. The molecule has 2 heterocycles. The summed E-state index contributed by atoms with van der Waals surface area (Å²) in [6.45, 7) is 3.64. The summed E-state index contributed by atoms with van der Waals surface area (Å²) in [5.41, 5.74) is -0.382. The molecule has 1 unspecified atom stereocenters. The lowest BCUT2D eigenvalue weighted by molar-refractivity contribution is -0.125. The monoisotopic (exact) mass is 376 g/mol. The molecule has 98 valence electrons. The number of halogens is 2. The molecule has 1 atom stereocenters. The molecule has 1 aliphatic heterocycles. The maximum atomic E-state index is 12.3. The molecular formula is C11H14Br2N4O. The highest BCUT2D eigenvalue weighted by molar-refractivity contribution is 9.11. The van der Waals surface area contributed by atoms with Crippen LogP contribution in [-0.4, -0.2) is 29.0 Å². The molecule has 1 aliphatic rings. The van der Waals surface area contributed by atoms with E-state index in [4.69, 9.17) is 0 Å². The summed E-state index contributed by atoms with van der Waals surface area (Å²) >= 11 is 6.51. The van der Waals surface area contributed by atoms with E-state index in [1.807, 2.05) is 6.92 Å². The van der Waals surface area contributed by atoms with E-state index < -0.39 is 0 Å². The van der Waals surface area contributed by atoms with E-state index in [2.05, 4.69) is 52.5 Å². The molecular weight excluding hydrogens is 364 g/mol. The molecule has 1 aromatic heterocycles. The molecule has 1 aromatic rings. The topological polar surface area (TPSA) is 66.9 Å². The van der Waals surface area contributed by atoms with Crippen LogP contribution >= 0.6 is 31.9 Å². The number of amides is 1. The minimum Gasteiger partial charge on any atom is -0.316 e. The molecule has 0 saturated carbocycles. The summed E-state index contributed by atoms with van der Waals surface area (Å²) in [4.78, 5) is 20.5. The molecule has 0 aliphatic carbocycles. The molecule has 0 bridgehead atoms. The van der Waals surface area contributed by atoms with Crippen LogP contribution in [0.2, 0.25) is 0 Å². The van der Waals surface area contributed by atoms with Crippen molar-refractivity contribution in [1.82, 2.24) is 15.3 Å². The first-order valence-corrected chi connectivity index (χ1v) is 7.30. The Bertz CT molecular complexity index is 460. The smallest absolute Gasteiger partial charge is 0.232 e. The van der Waals surface area contributed by atoms with E-state index in [9.17, 15) is 4.79 Å². The first-order chi connectivity index (χ1) is 8.51.